The van der Waals surface area contributed by atoms with Crippen molar-refractivity contribution < 1.29 is 4.79 Å². The van der Waals surface area contributed by atoms with Gasteiger partial charge in [0.2, 0.25) is 5.91 Å². The Morgan fingerprint density at radius 3 is 2.57 bits per heavy atom. The van der Waals surface area contributed by atoms with Crippen LogP contribution < -0.4 is 10.6 Å². The van der Waals surface area contributed by atoms with Crippen LogP contribution in [0.15, 0.2) is 28.7 Å². The number of benzene rings is 1. The van der Waals surface area contributed by atoms with Gasteiger partial charge in [0.05, 0.1) is 6.04 Å². The molecule has 5 heteroatoms. The van der Waals surface area contributed by atoms with Crippen molar-refractivity contribution in [2.45, 2.75) is 38.6 Å². The maximum absolute atomic E-state index is 12.0. The van der Waals surface area contributed by atoms with E-state index < -0.39 is 0 Å². The Morgan fingerprint density at radius 2 is 1.95 bits per heavy atom. The number of nitrogens with one attached hydrogen (secondary N) is 2. The van der Waals surface area contributed by atoms with E-state index in [1.54, 1.807) is 0 Å². The Kier molecular flexibility index (Phi) is 8.30. The van der Waals surface area contributed by atoms with Gasteiger partial charge in [0.25, 0.3) is 0 Å². The fourth-order valence-electron chi connectivity index (χ4n) is 2.65. The molecule has 1 unspecified atom stereocenters. The first-order valence-electron chi connectivity index (χ1n) is 7.40. The van der Waals surface area contributed by atoms with Crippen LogP contribution in [-0.2, 0) is 4.79 Å². The van der Waals surface area contributed by atoms with Crippen LogP contribution in [-0.4, -0.2) is 19.0 Å². The maximum atomic E-state index is 12.0. The summed E-state index contributed by atoms with van der Waals surface area (Å²) in [6, 6.07) is 8.17. The zero-order valence-electron chi connectivity index (χ0n) is 12.4. The van der Waals surface area contributed by atoms with Crippen LogP contribution in [0.5, 0.6) is 0 Å². The third kappa shape index (κ3) is 6.37. The van der Waals surface area contributed by atoms with E-state index in [4.69, 9.17) is 0 Å². The van der Waals surface area contributed by atoms with E-state index in [9.17, 15) is 4.79 Å². The predicted octanol–water partition coefficient (Wildman–Crippen LogP) is 3.83. The number of halogens is 2. The fraction of sp³-hybridized carbons (Fsp3) is 0.562. The second kappa shape index (κ2) is 9.44. The highest BCUT2D eigenvalue weighted by atomic mass is 79.9. The van der Waals surface area contributed by atoms with E-state index in [1.807, 2.05) is 31.2 Å². The topological polar surface area (TPSA) is 41.1 Å². The highest BCUT2D eigenvalue weighted by molar-refractivity contribution is 9.10. The minimum absolute atomic E-state index is 0. The van der Waals surface area contributed by atoms with Gasteiger partial charge < -0.3 is 10.6 Å². The van der Waals surface area contributed by atoms with Crippen LogP contribution >= 0.6 is 28.3 Å². The molecule has 1 atom stereocenters. The zero-order valence-corrected chi connectivity index (χ0v) is 14.8. The molecule has 0 spiro atoms. The largest absolute Gasteiger partial charge is 0.350 e. The summed E-state index contributed by atoms with van der Waals surface area (Å²) in [4.78, 5) is 12.0. The van der Waals surface area contributed by atoms with Gasteiger partial charge in [-0.05, 0) is 62.9 Å². The first kappa shape index (κ1) is 18.5. The molecule has 2 rings (SSSR count). The molecule has 1 aliphatic heterocycles. The van der Waals surface area contributed by atoms with Crippen LogP contribution in [0, 0.1) is 5.92 Å². The number of carbonyl (C=O) groups excluding carboxylic acids is 1. The van der Waals surface area contributed by atoms with Crippen molar-refractivity contribution in [3.63, 3.8) is 0 Å². The molecule has 21 heavy (non-hydrogen) atoms. The summed E-state index contributed by atoms with van der Waals surface area (Å²) in [6.45, 7) is 4.23. The van der Waals surface area contributed by atoms with Gasteiger partial charge in [-0.15, -0.1) is 12.4 Å². The maximum Gasteiger partial charge on any atom is 0.220 e. The lowest BCUT2D eigenvalue weighted by molar-refractivity contribution is -0.122. The van der Waals surface area contributed by atoms with Gasteiger partial charge in [-0.1, -0.05) is 28.1 Å². The van der Waals surface area contributed by atoms with E-state index in [0.717, 1.165) is 29.5 Å². The Hall–Kier alpha value is -0.580. The first-order chi connectivity index (χ1) is 9.65. The summed E-state index contributed by atoms with van der Waals surface area (Å²) in [6.07, 6.45) is 4.07. The van der Waals surface area contributed by atoms with Gasteiger partial charge in [-0.3, -0.25) is 4.79 Å². The van der Waals surface area contributed by atoms with Gasteiger partial charge in [0, 0.05) is 10.9 Å². The molecule has 1 amide bonds. The third-order valence-corrected chi connectivity index (χ3v) is 4.51. The highest BCUT2D eigenvalue weighted by Crippen LogP contribution is 2.19. The molecule has 1 aliphatic rings. The minimum atomic E-state index is 0. The molecule has 1 aromatic rings. The van der Waals surface area contributed by atoms with Crippen LogP contribution in [0.4, 0.5) is 0 Å². The highest BCUT2D eigenvalue weighted by Gasteiger charge is 2.15. The third-order valence-electron chi connectivity index (χ3n) is 3.99. The predicted molar refractivity (Wildman–Crippen MR) is 92.8 cm³/mol. The molecule has 3 nitrogen and oxygen atoms in total. The van der Waals surface area contributed by atoms with Crippen molar-refractivity contribution in [3.8, 4) is 0 Å². The summed E-state index contributed by atoms with van der Waals surface area (Å²) < 4.78 is 1.06. The average molecular weight is 376 g/mol. The number of hydrogen-bond donors (Lipinski definition) is 2. The standard InChI is InChI=1S/C16H23BrN2O.ClH/c1-12(14-3-5-15(17)6-4-14)19-16(20)7-2-13-8-10-18-11-9-13;/h3-6,12-13,18H,2,7-11H2,1H3,(H,19,20);1H. The van der Waals surface area contributed by atoms with Crippen LogP contribution in [0.25, 0.3) is 0 Å². The molecule has 1 aromatic carbocycles. The lowest BCUT2D eigenvalue weighted by atomic mass is 9.93. The molecule has 1 saturated heterocycles. The summed E-state index contributed by atoms with van der Waals surface area (Å²) in [5.41, 5.74) is 1.14. The summed E-state index contributed by atoms with van der Waals surface area (Å²) in [5, 5.41) is 6.44. The molecule has 1 fully saturated rings. The average Bonchev–Trinajstić information content (AvgIpc) is 2.47. The number of piperidine rings is 1. The summed E-state index contributed by atoms with van der Waals surface area (Å²) in [5.74, 6) is 0.879. The van der Waals surface area contributed by atoms with E-state index in [1.165, 1.54) is 12.8 Å². The van der Waals surface area contributed by atoms with E-state index >= 15 is 0 Å². The second-order valence-electron chi connectivity index (χ2n) is 5.57. The molecule has 0 aromatic heterocycles. The number of carbonyl (C=O) groups is 1. The molecular weight excluding hydrogens is 352 g/mol. The molecule has 2 N–H and O–H groups in total. The number of amides is 1. The Morgan fingerprint density at radius 1 is 1.33 bits per heavy atom. The van der Waals surface area contributed by atoms with E-state index in [2.05, 4.69) is 26.6 Å². The van der Waals surface area contributed by atoms with E-state index in [0.29, 0.717) is 12.3 Å². The van der Waals surface area contributed by atoms with Crippen LogP contribution in [0.1, 0.15) is 44.2 Å². The van der Waals surface area contributed by atoms with Crippen molar-refractivity contribution in [2.24, 2.45) is 5.92 Å². The van der Waals surface area contributed by atoms with Crippen molar-refractivity contribution in [1.82, 2.24) is 10.6 Å². The van der Waals surface area contributed by atoms with Gasteiger partial charge in [-0.25, -0.2) is 0 Å². The van der Waals surface area contributed by atoms with Crippen molar-refractivity contribution in [3.05, 3.63) is 34.3 Å². The molecule has 0 aliphatic carbocycles. The monoisotopic (exact) mass is 374 g/mol. The zero-order chi connectivity index (χ0) is 14.4. The fourth-order valence-corrected chi connectivity index (χ4v) is 2.92. The molecule has 0 radical (unpaired) electrons. The van der Waals surface area contributed by atoms with E-state index in [-0.39, 0.29) is 24.4 Å². The molecule has 0 bridgehead atoms. The van der Waals surface area contributed by atoms with Crippen molar-refractivity contribution in [2.75, 3.05) is 13.1 Å². The van der Waals surface area contributed by atoms with Gasteiger partial charge in [0.1, 0.15) is 0 Å². The summed E-state index contributed by atoms with van der Waals surface area (Å²) >= 11 is 3.42. The smallest absolute Gasteiger partial charge is 0.220 e. The van der Waals surface area contributed by atoms with Gasteiger partial charge in [0.15, 0.2) is 0 Å². The first-order valence-corrected chi connectivity index (χ1v) is 8.20. The van der Waals surface area contributed by atoms with Gasteiger partial charge in [-0.2, -0.15) is 0 Å². The summed E-state index contributed by atoms with van der Waals surface area (Å²) in [7, 11) is 0. The quantitative estimate of drug-likeness (QED) is 0.821. The van der Waals surface area contributed by atoms with Crippen molar-refractivity contribution in [1.29, 1.82) is 0 Å². The second-order valence-corrected chi connectivity index (χ2v) is 6.49. The molecule has 0 saturated carbocycles. The molecule has 118 valence electrons. The lowest BCUT2D eigenvalue weighted by Gasteiger charge is -2.22. The lowest BCUT2D eigenvalue weighted by Crippen LogP contribution is -2.30. The minimum Gasteiger partial charge on any atom is -0.350 e. The number of rotatable bonds is 5. The molecule has 1 heterocycles. The Bertz CT molecular complexity index is 432. The van der Waals surface area contributed by atoms with Crippen LogP contribution in [0.2, 0.25) is 0 Å². The Balaban J connectivity index is 0.00000220. The number of hydrogen-bond acceptors (Lipinski definition) is 2. The molecular formula is C16H24BrClN2O. The van der Waals surface area contributed by atoms with Gasteiger partial charge >= 0.3 is 0 Å². The Labute approximate surface area is 141 Å². The van der Waals surface area contributed by atoms with Crippen LogP contribution in [0.3, 0.4) is 0 Å². The SMILES string of the molecule is CC(NC(=O)CCC1CCNCC1)c1ccc(Br)cc1.Cl. The van der Waals surface area contributed by atoms with Crippen molar-refractivity contribution >= 4 is 34.2 Å². The normalized spacial score (nSPS) is 16.9.